The molecule has 0 radical (unpaired) electrons. The number of carbonyl (C=O) groups excluding carboxylic acids is 1. The number of hydrogen-bond donors (Lipinski definition) is 2. The average Bonchev–Trinajstić information content (AvgIpc) is 3.31. The van der Waals surface area contributed by atoms with Gasteiger partial charge in [0.15, 0.2) is 0 Å². The maximum Gasteiger partial charge on any atom is 0.330 e. The van der Waals surface area contributed by atoms with Crippen LogP contribution in [-0.4, -0.2) is 22.5 Å². The first-order valence-corrected chi connectivity index (χ1v) is 9.76. The molecule has 4 nitrogen and oxygen atoms in total. The van der Waals surface area contributed by atoms with Crippen molar-refractivity contribution >= 4 is 11.9 Å². The lowest BCUT2D eigenvalue weighted by molar-refractivity contribution is -0.147. The van der Waals surface area contributed by atoms with Crippen LogP contribution in [0.2, 0.25) is 0 Å². The van der Waals surface area contributed by atoms with Crippen LogP contribution in [0.1, 0.15) is 48.3 Å². The number of carboxylic acids is 1. The van der Waals surface area contributed by atoms with E-state index in [1.54, 1.807) is 0 Å². The lowest BCUT2D eigenvalue weighted by Crippen LogP contribution is -2.57. The number of hydrogen-bond acceptors (Lipinski definition) is 2. The number of rotatable bonds is 5. The van der Waals surface area contributed by atoms with Crippen molar-refractivity contribution in [2.75, 3.05) is 0 Å². The summed E-state index contributed by atoms with van der Waals surface area (Å²) in [6, 6.07) is 17.6. The summed E-state index contributed by atoms with van der Waals surface area (Å²) in [5.41, 5.74) is 1.76. The van der Waals surface area contributed by atoms with E-state index in [1.807, 2.05) is 54.6 Å². The molecule has 2 N–H and O–H groups in total. The van der Waals surface area contributed by atoms with Gasteiger partial charge in [-0.1, -0.05) is 67.4 Å². The highest BCUT2D eigenvalue weighted by molar-refractivity contribution is 5.92. The summed E-state index contributed by atoms with van der Waals surface area (Å²) in [5, 5.41) is 13.0. The predicted molar refractivity (Wildman–Crippen MR) is 104 cm³/mol. The average molecular weight is 363 g/mol. The number of aliphatic carboxylic acids is 1. The first kappa shape index (κ1) is 17.8. The van der Waals surface area contributed by atoms with Gasteiger partial charge >= 0.3 is 5.97 Å². The zero-order valence-corrected chi connectivity index (χ0v) is 15.4. The van der Waals surface area contributed by atoms with E-state index in [-0.39, 0.29) is 17.7 Å². The van der Waals surface area contributed by atoms with Gasteiger partial charge in [0.1, 0.15) is 5.54 Å². The molecule has 2 aromatic rings. The van der Waals surface area contributed by atoms with Crippen LogP contribution in [0, 0.1) is 5.92 Å². The number of carboxylic acid groups (broad SMARTS) is 1. The molecular formula is C23H25NO3. The van der Waals surface area contributed by atoms with Gasteiger partial charge in [0.2, 0.25) is 5.91 Å². The zero-order chi connectivity index (χ0) is 18.9. The smallest absolute Gasteiger partial charge is 0.330 e. The van der Waals surface area contributed by atoms with Gasteiger partial charge in [0.05, 0.1) is 5.92 Å². The van der Waals surface area contributed by atoms with E-state index in [2.05, 4.69) is 5.32 Å². The number of fused-ring (bicyclic) bond motifs is 1. The molecule has 0 heterocycles. The quantitative estimate of drug-likeness (QED) is 0.851. The molecule has 0 bridgehead atoms. The fraction of sp³-hybridized carbons (Fsp3) is 0.391. The van der Waals surface area contributed by atoms with Gasteiger partial charge in [-0.3, -0.25) is 4.79 Å². The SMILES string of the molecule is O=C(NC1(C(=O)O)Cc2ccccc2C1)C(c1ccccc1)C1CCCC1. The van der Waals surface area contributed by atoms with Crippen molar-refractivity contribution in [3.63, 3.8) is 0 Å². The maximum atomic E-state index is 13.4. The fourth-order valence-corrected chi connectivity index (χ4v) is 4.81. The van der Waals surface area contributed by atoms with Crippen LogP contribution in [0.15, 0.2) is 54.6 Å². The molecule has 1 fully saturated rings. The van der Waals surface area contributed by atoms with E-state index in [4.69, 9.17) is 0 Å². The van der Waals surface area contributed by atoms with Gasteiger partial charge < -0.3 is 10.4 Å². The third kappa shape index (κ3) is 3.36. The summed E-state index contributed by atoms with van der Waals surface area (Å²) < 4.78 is 0. The lowest BCUT2D eigenvalue weighted by Gasteiger charge is -2.30. The number of carbonyl (C=O) groups is 2. The van der Waals surface area contributed by atoms with Crippen LogP contribution in [0.5, 0.6) is 0 Å². The van der Waals surface area contributed by atoms with Crippen LogP contribution in [0.4, 0.5) is 0 Å². The van der Waals surface area contributed by atoms with E-state index in [0.29, 0.717) is 12.8 Å². The molecule has 1 saturated carbocycles. The van der Waals surface area contributed by atoms with Gasteiger partial charge in [-0.15, -0.1) is 0 Å². The zero-order valence-electron chi connectivity index (χ0n) is 15.4. The predicted octanol–water partition coefficient (Wildman–Crippen LogP) is 3.70. The Labute approximate surface area is 159 Å². The fourth-order valence-electron chi connectivity index (χ4n) is 4.81. The third-order valence-electron chi connectivity index (χ3n) is 6.19. The number of nitrogens with one attached hydrogen (secondary N) is 1. The lowest BCUT2D eigenvalue weighted by atomic mass is 9.83. The normalized spacial score (nSPS) is 19.4. The molecule has 2 aromatic carbocycles. The Hall–Kier alpha value is -2.62. The van der Waals surface area contributed by atoms with Gasteiger partial charge in [-0.05, 0) is 35.4 Å². The minimum absolute atomic E-state index is 0.150. The maximum absolute atomic E-state index is 13.4. The van der Waals surface area contributed by atoms with Gasteiger partial charge in [0.25, 0.3) is 0 Å². The topological polar surface area (TPSA) is 66.4 Å². The molecule has 0 aliphatic heterocycles. The van der Waals surface area contributed by atoms with Gasteiger partial charge in [-0.2, -0.15) is 0 Å². The summed E-state index contributed by atoms with van der Waals surface area (Å²) >= 11 is 0. The molecular weight excluding hydrogens is 338 g/mol. The molecule has 1 unspecified atom stereocenters. The van der Waals surface area contributed by atoms with Crippen molar-refractivity contribution in [1.29, 1.82) is 0 Å². The Morgan fingerprint density at radius 2 is 1.48 bits per heavy atom. The largest absolute Gasteiger partial charge is 0.479 e. The van der Waals surface area contributed by atoms with Crippen LogP contribution >= 0.6 is 0 Å². The molecule has 2 aliphatic rings. The Morgan fingerprint density at radius 3 is 2.04 bits per heavy atom. The van der Waals surface area contributed by atoms with Crippen molar-refractivity contribution < 1.29 is 14.7 Å². The molecule has 27 heavy (non-hydrogen) atoms. The Balaban J connectivity index is 1.62. The second kappa shape index (κ2) is 7.18. The molecule has 2 aliphatic carbocycles. The second-order valence-electron chi connectivity index (χ2n) is 7.93. The number of benzene rings is 2. The van der Waals surface area contributed by atoms with Crippen molar-refractivity contribution in [1.82, 2.24) is 5.32 Å². The first-order chi connectivity index (χ1) is 13.1. The van der Waals surface area contributed by atoms with E-state index in [0.717, 1.165) is 42.4 Å². The summed E-state index contributed by atoms with van der Waals surface area (Å²) in [7, 11) is 0. The third-order valence-corrected chi connectivity index (χ3v) is 6.19. The van der Waals surface area contributed by atoms with Gasteiger partial charge in [-0.25, -0.2) is 4.79 Å². The van der Waals surface area contributed by atoms with Crippen LogP contribution in [0.3, 0.4) is 0 Å². The first-order valence-electron chi connectivity index (χ1n) is 9.76. The molecule has 0 spiro atoms. The van der Waals surface area contributed by atoms with Crippen LogP contribution in [-0.2, 0) is 22.4 Å². The monoisotopic (exact) mass is 363 g/mol. The summed E-state index contributed by atoms with van der Waals surface area (Å²) in [5.74, 6) is -1.11. The van der Waals surface area contributed by atoms with Crippen molar-refractivity contribution in [3.05, 3.63) is 71.3 Å². The Morgan fingerprint density at radius 1 is 0.926 bits per heavy atom. The van der Waals surface area contributed by atoms with Crippen molar-refractivity contribution in [3.8, 4) is 0 Å². The van der Waals surface area contributed by atoms with Crippen LogP contribution in [0.25, 0.3) is 0 Å². The van der Waals surface area contributed by atoms with E-state index in [1.165, 1.54) is 0 Å². The Kier molecular flexibility index (Phi) is 4.73. The molecule has 140 valence electrons. The molecule has 0 saturated heterocycles. The highest BCUT2D eigenvalue weighted by Crippen LogP contribution is 2.39. The standard InChI is InChI=1S/C23H25NO3/c25-21(20(17-10-4-5-11-17)16-8-2-1-3-9-16)24-23(22(26)27)14-18-12-6-7-13-19(18)15-23/h1-3,6-9,12-13,17,20H,4-5,10-11,14-15H2,(H,24,25)(H,26,27). The van der Waals surface area contributed by atoms with E-state index < -0.39 is 11.5 Å². The van der Waals surface area contributed by atoms with E-state index in [9.17, 15) is 14.7 Å². The Bertz CT molecular complexity index is 815. The van der Waals surface area contributed by atoms with Gasteiger partial charge in [0, 0.05) is 12.8 Å². The minimum Gasteiger partial charge on any atom is -0.479 e. The van der Waals surface area contributed by atoms with Crippen LogP contribution < -0.4 is 5.32 Å². The summed E-state index contributed by atoms with van der Waals surface area (Å²) in [4.78, 5) is 25.6. The highest BCUT2D eigenvalue weighted by atomic mass is 16.4. The molecule has 4 heteroatoms. The highest BCUT2D eigenvalue weighted by Gasteiger charge is 2.47. The van der Waals surface area contributed by atoms with Crippen molar-refractivity contribution in [2.45, 2.75) is 50.0 Å². The molecule has 4 rings (SSSR count). The second-order valence-corrected chi connectivity index (χ2v) is 7.93. The molecule has 0 aromatic heterocycles. The molecule has 1 amide bonds. The summed E-state index contributed by atoms with van der Waals surface area (Å²) in [6.45, 7) is 0. The number of amides is 1. The van der Waals surface area contributed by atoms with E-state index >= 15 is 0 Å². The summed E-state index contributed by atoms with van der Waals surface area (Å²) in [6.07, 6.45) is 5.00. The van der Waals surface area contributed by atoms with Crippen molar-refractivity contribution in [2.24, 2.45) is 5.92 Å². The molecule has 1 atom stereocenters. The minimum atomic E-state index is -1.24.